The highest BCUT2D eigenvalue weighted by molar-refractivity contribution is 6.30. The molecule has 2 aromatic carbocycles. The van der Waals surface area contributed by atoms with Crippen LogP contribution in [0.25, 0.3) is 11.1 Å². The van der Waals surface area contributed by atoms with Crippen LogP contribution >= 0.6 is 11.6 Å². The molecular weight excluding hydrogens is 239 g/mol. The summed E-state index contributed by atoms with van der Waals surface area (Å²) in [5.74, 6) is -0.426. The molecule has 0 N–H and O–H groups in total. The van der Waals surface area contributed by atoms with Crippen LogP contribution in [0.5, 0.6) is 0 Å². The predicted octanol–water partition coefficient (Wildman–Crippen LogP) is 4.27. The summed E-state index contributed by atoms with van der Waals surface area (Å²) >= 11 is 5.69. The summed E-state index contributed by atoms with van der Waals surface area (Å²) in [6, 6.07) is 9.74. The average molecular weight is 249 g/mol. The van der Waals surface area contributed by atoms with Gasteiger partial charge in [-0.1, -0.05) is 29.3 Å². The zero-order valence-electron chi connectivity index (χ0n) is 9.21. The van der Waals surface area contributed by atoms with Gasteiger partial charge >= 0.3 is 0 Å². The minimum atomic E-state index is -0.426. The maximum Gasteiger partial charge on any atom is 0.150 e. The van der Waals surface area contributed by atoms with Crippen LogP contribution in [0.4, 0.5) is 4.39 Å². The minimum absolute atomic E-state index is 0.339. The smallest absolute Gasteiger partial charge is 0.150 e. The first kappa shape index (κ1) is 11.8. The van der Waals surface area contributed by atoms with Crippen LogP contribution in [0.2, 0.25) is 5.02 Å². The largest absolute Gasteiger partial charge is 0.298 e. The Labute approximate surface area is 104 Å². The van der Waals surface area contributed by atoms with Crippen molar-refractivity contribution in [1.82, 2.24) is 0 Å². The van der Waals surface area contributed by atoms with E-state index in [-0.39, 0.29) is 0 Å². The number of halogens is 2. The molecule has 0 unspecified atom stereocenters. The lowest BCUT2D eigenvalue weighted by atomic mass is 9.98. The summed E-state index contributed by atoms with van der Waals surface area (Å²) in [6.07, 6.45) is 0.733. The first-order valence-electron chi connectivity index (χ1n) is 5.13. The van der Waals surface area contributed by atoms with E-state index in [0.29, 0.717) is 21.7 Å². The van der Waals surface area contributed by atoms with Crippen LogP contribution in [0.1, 0.15) is 15.9 Å². The molecule has 0 fully saturated rings. The number of carbonyl (C=O) groups is 1. The van der Waals surface area contributed by atoms with Crippen molar-refractivity contribution >= 4 is 17.9 Å². The number of hydrogen-bond acceptors (Lipinski definition) is 1. The SMILES string of the molecule is Cc1ccc(-c2ccc(Cl)cc2F)c(C=O)c1. The average Bonchev–Trinajstić information content (AvgIpc) is 2.30. The predicted molar refractivity (Wildman–Crippen MR) is 67.0 cm³/mol. The zero-order valence-corrected chi connectivity index (χ0v) is 9.96. The fourth-order valence-corrected chi connectivity index (χ4v) is 1.89. The van der Waals surface area contributed by atoms with Crippen LogP contribution in [0.3, 0.4) is 0 Å². The van der Waals surface area contributed by atoms with Gasteiger partial charge in [0.25, 0.3) is 0 Å². The Morgan fingerprint density at radius 2 is 1.82 bits per heavy atom. The Bertz CT molecular complexity index is 578. The van der Waals surface area contributed by atoms with Gasteiger partial charge in [0.2, 0.25) is 0 Å². The molecule has 0 atom stereocenters. The van der Waals surface area contributed by atoms with E-state index in [1.165, 1.54) is 6.07 Å². The van der Waals surface area contributed by atoms with Gasteiger partial charge in [-0.2, -0.15) is 0 Å². The first-order chi connectivity index (χ1) is 8.11. The van der Waals surface area contributed by atoms with Gasteiger partial charge in [0.15, 0.2) is 6.29 Å². The minimum Gasteiger partial charge on any atom is -0.298 e. The standard InChI is InChI=1S/C14H10ClFO/c1-9-2-4-12(10(6-9)8-17)13-5-3-11(15)7-14(13)16/h2-8H,1H3. The molecular formula is C14H10ClFO. The van der Waals surface area contributed by atoms with Gasteiger partial charge in [-0.25, -0.2) is 4.39 Å². The van der Waals surface area contributed by atoms with Crippen molar-refractivity contribution in [2.75, 3.05) is 0 Å². The summed E-state index contributed by atoms with van der Waals surface area (Å²) in [6.45, 7) is 1.88. The second-order valence-corrected chi connectivity index (χ2v) is 4.27. The lowest BCUT2D eigenvalue weighted by Crippen LogP contribution is -1.91. The molecule has 3 heteroatoms. The molecule has 0 spiro atoms. The van der Waals surface area contributed by atoms with Gasteiger partial charge in [-0.05, 0) is 36.8 Å². The Balaban J connectivity index is 2.63. The molecule has 1 nitrogen and oxygen atoms in total. The Hall–Kier alpha value is -1.67. The monoisotopic (exact) mass is 248 g/mol. The van der Waals surface area contributed by atoms with E-state index in [4.69, 9.17) is 11.6 Å². The normalized spacial score (nSPS) is 10.3. The molecule has 86 valence electrons. The van der Waals surface area contributed by atoms with Crippen LogP contribution in [-0.4, -0.2) is 6.29 Å². The van der Waals surface area contributed by atoms with Crippen molar-refractivity contribution in [2.45, 2.75) is 6.92 Å². The first-order valence-corrected chi connectivity index (χ1v) is 5.51. The van der Waals surface area contributed by atoms with E-state index in [0.717, 1.165) is 11.8 Å². The van der Waals surface area contributed by atoms with Crippen LogP contribution in [-0.2, 0) is 0 Å². The third-order valence-electron chi connectivity index (χ3n) is 2.56. The van der Waals surface area contributed by atoms with E-state index in [1.54, 1.807) is 24.3 Å². The molecule has 2 rings (SSSR count). The van der Waals surface area contributed by atoms with Crippen LogP contribution in [0.15, 0.2) is 36.4 Å². The quantitative estimate of drug-likeness (QED) is 0.726. The van der Waals surface area contributed by atoms with Gasteiger partial charge in [0.05, 0.1) is 0 Å². The topological polar surface area (TPSA) is 17.1 Å². The Morgan fingerprint density at radius 1 is 1.12 bits per heavy atom. The maximum absolute atomic E-state index is 13.8. The molecule has 0 radical (unpaired) electrons. The van der Waals surface area contributed by atoms with Crippen molar-refractivity contribution < 1.29 is 9.18 Å². The van der Waals surface area contributed by atoms with Crippen molar-refractivity contribution in [2.24, 2.45) is 0 Å². The molecule has 0 saturated carbocycles. The third-order valence-corrected chi connectivity index (χ3v) is 2.79. The molecule has 0 aromatic heterocycles. The fraction of sp³-hybridized carbons (Fsp3) is 0.0714. The third kappa shape index (κ3) is 2.37. The van der Waals surface area contributed by atoms with Crippen molar-refractivity contribution in [1.29, 1.82) is 0 Å². The van der Waals surface area contributed by atoms with Crippen LogP contribution in [0, 0.1) is 12.7 Å². The van der Waals surface area contributed by atoms with E-state index in [9.17, 15) is 9.18 Å². The number of carbonyl (C=O) groups excluding carboxylic acids is 1. The molecule has 0 amide bonds. The second kappa shape index (κ2) is 4.68. The number of aryl methyl sites for hydroxylation is 1. The van der Waals surface area contributed by atoms with E-state index in [2.05, 4.69) is 0 Å². The maximum atomic E-state index is 13.8. The summed E-state index contributed by atoms with van der Waals surface area (Å²) in [5.41, 5.74) is 2.41. The summed E-state index contributed by atoms with van der Waals surface area (Å²) in [5, 5.41) is 0.339. The van der Waals surface area contributed by atoms with Crippen molar-refractivity contribution in [3.63, 3.8) is 0 Å². The van der Waals surface area contributed by atoms with E-state index < -0.39 is 5.82 Å². The molecule has 0 saturated heterocycles. The molecule has 17 heavy (non-hydrogen) atoms. The van der Waals surface area contributed by atoms with Crippen LogP contribution < -0.4 is 0 Å². The Morgan fingerprint density at radius 3 is 2.47 bits per heavy atom. The van der Waals surface area contributed by atoms with Crippen molar-refractivity contribution in [3.05, 3.63) is 58.4 Å². The number of benzene rings is 2. The summed E-state index contributed by atoms with van der Waals surface area (Å²) in [7, 11) is 0. The van der Waals surface area contributed by atoms with E-state index in [1.807, 2.05) is 13.0 Å². The lowest BCUT2D eigenvalue weighted by Gasteiger charge is -2.07. The summed E-state index contributed by atoms with van der Waals surface area (Å²) in [4.78, 5) is 11.0. The molecule has 0 aliphatic carbocycles. The Kier molecular flexibility index (Phi) is 3.25. The number of aldehydes is 1. The molecule has 0 aliphatic rings. The van der Waals surface area contributed by atoms with E-state index >= 15 is 0 Å². The van der Waals surface area contributed by atoms with Gasteiger partial charge in [-0.15, -0.1) is 0 Å². The fourth-order valence-electron chi connectivity index (χ4n) is 1.73. The lowest BCUT2D eigenvalue weighted by molar-refractivity contribution is 0.112. The number of hydrogen-bond donors (Lipinski definition) is 0. The van der Waals surface area contributed by atoms with Gasteiger partial charge in [-0.3, -0.25) is 4.79 Å². The molecule has 0 heterocycles. The van der Waals surface area contributed by atoms with Crippen molar-refractivity contribution in [3.8, 4) is 11.1 Å². The molecule has 0 aliphatic heterocycles. The molecule has 0 bridgehead atoms. The highest BCUT2D eigenvalue weighted by Gasteiger charge is 2.10. The summed E-state index contributed by atoms with van der Waals surface area (Å²) < 4.78 is 13.8. The zero-order chi connectivity index (χ0) is 12.4. The number of rotatable bonds is 2. The van der Waals surface area contributed by atoms with Gasteiger partial charge < -0.3 is 0 Å². The highest BCUT2D eigenvalue weighted by Crippen LogP contribution is 2.28. The highest BCUT2D eigenvalue weighted by atomic mass is 35.5. The second-order valence-electron chi connectivity index (χ2n) is 3.83. The van der Waals surface area contributed by atoms with Gasteiger partial charge in [0, 0.05) is 16.1 Å². The van der Waals surface area contributed by atoms with Gasteiger partial charge in [0.1, 0.15) is 5.82 Å². The molecule has 2 aromatic rings.